The van der Waals surface area contributed by atoms with Crippen molar-refractivity contribution in [3.8, 4) is 17.9 Å². The molecule has 0 spiro atoms. The van der Waals surface area contributed by atoms with Gasteiger partial charge in [0.25, 0.3) is 5.56 Å². The molecule has 200 valence electrons. The van der Waals surface area contributed by atoms with E-state index in [1.165, 1.54) is 17.8 Å². The third-order valence-corrected chi connectivity index (χ3v) is 5.60. The molecule has 0 aliphatic heterocycles. The molecule has 0 aliphatic rings. The molecule has 12 nitrogen and oxygen atoms in total. The molecule has 0 aliphatic carbocycles. The van der Waals surface area contributed by atoms with Crippen LogP contribution in [0.25, 0.3) is 11.2 Å². The molecule has 0 radical (unpaired) electrons. The Hall–Kier alpha value is -4.58. The Kier molecular flexibility index (Phi) is 8.26. The maximum absolute atomic E-state index is 13.7. The van der Waals surface area contributed by atoms with Crippen LogP contribution in [0.4, 0.5) is 10.7 Å². The van der Waals surface area contributed by atoms with Crippen LogP contribution in [-0.4, -0.2) is 55.0 Å². The average Bonchev–Trinajstić information content (AvgIpc) is 3.22. The average molecular weight is 521 g/mol. The summed E-state index contributed by atoms with van der Waals surface area (Å²) < 4.78 is 9.31. The third-order valence-electron chi connectivity index (χ3n) is 5.60. The van der Waals surface area contributed by atoms with Crippen LogP contribution in [0.1, 0.15) is 45.9 Å². The lowest BCUT2D eigenvalue weighted by molar-refractivity contribution is 0.0510. The summed E-state index contributed by atoms with van der Waals surface area (Å²) in [5, 5.41) is 12.2. The Labute approximate surface area is 220 Å². The number of nitrogens with zero attached hydrogens (tertiary/aromatic N) is 7. The van der Waals surface area contributed by atoms with Crippen molar-refractivity contribution in [1.82, 2.24) is 29.0 Å². The van der Waals surface area contributed by atoms with E-state index in [1.54, 1.807) is 56.3 Å². The van der Waals surface area contributed by atoms with Crippen molar-refractivity contribution in [3.05, 3.63) is 50.4 Å². The zero-order chi connectivity index (χ0) is 28.2. The highest BCUT2D eigenvalue weighted by Crippen LogP contribution is 2.19. The number of hydrogen-bond acceptors (Lipinski definition) is 8. The number of nitrogens with one attached hydrogen (secondary N) is 1. The second kappa shape index (κ2) is 11.2. The van der Waals surface area contributed by atoms with Crippen LogP contribution in [0.3, 0.4) is 0 Å². The van der Waals surface area contributed by atoms with E-state index in [4.69, 9.17) is 4.74 Å². The van der Waals surface area contributed by atoms with Gasteiger partial charge in [0, 0.05) is 32.9 Å². The van der Waals surface area contributed by atoms with Crippen molar-refractivity contribution >= 4 is 23.2 Å². The number of alkyl carbamates (subject to hydrolysis) is 1. The van der Waals surface area contributed by atoms with Crippen LogP contribution < -0.4 is 21.5 Å². The number of imidazole rings is 1. The van der Waals surface area contributed by atoms with Gasteiger partial charge in [-0.2, -0.15) is 10.2 Å². The molecule has 12 heteroatoms. The predicted octanol–water partition coefficient (Wildman–Crippen LogP) is 1.58. The van der Waals surface area contributed by atoms with Crippen LogP contribution in [0.15, 0.2) is 27.9 Å². The monoisotopic (exact) mass is 520 g/mol. The molecule has 0 fully saturated rings. The molecule has 0 unspecified atom stereocenters. The number of ether oxygens (including phenoxy) is 1. The van der Waals surface area contributed by atoms with Gasteiger partial charge in [-0.25, -0.2) is 9.59 Å². The number of nitriles is 1. The van der Waals surface area contributed by atoms with Crippen LogP contribution >= 0.6 is 0 Å². The number of aryl methyl sites for hydroxylation is 1. The summed E-state index contributed by atoms with van der Waals surface area (Å²) in [6.07, 6.45) is 0.963. The minimum atomic E-state index is -0.629. The summed E-state index contributed by atoms with van der Waals surface area (Å²) in [7, 11) is 3.30. The lowest BCUT2D eigenvalue weighted by Gasteiger charge is -2.25. The quantitative estimate of drug-likeness (QED) is 0.463. The van der Waals surface area contributed by atoms with E-state index < -0.39 is 22.9 Å². The Morgan fingerprint density at radius 3 is 2.63 bits per heavy atom. The van der Waals surface area contributed by atoms with Gasteiger partial charge >= 0.3 is 11.8 Å². The maximum Gasteiger partial charge on any atom is 0.407 e. The van der Waals surface area contributed by atoms with Crippen molar-refractivity contribution in [2.45, 2.75) is 59.4 Å². The molecule has 1 amide bonds. The maximum atomic E-state index is 13.7. The van der Waals surface area contributed by atoms with Gasteiger partial charge in [-0.3, -0.25) is 23.5 Å². The lowest BCUT2D eigenvalue weighted by atomic mass is 10.2. The van der Waals surface area contributed by atoms with Gasteiger partial charge in [-0.05, 0) is 46.8 Å². The number of rotatable bonds is 7. The smallest absolute Gasteiger partial charge is 0.407 e. The summed E-state index contributed by atoms with van der Waals surface area (Å²) in [4.78, 5) is 49.6. The first-order valence-electron chi connectivity index (χ1n) is 12.0. The van der Waals surface area contributed by atoms with Crippen LogP contribution in [0, 0.1) is 23.2 Å². The number of hydrogen-bond donors (Lipinski definition) is 1. The van der Waals surface area contributed by atoms with E-state index >= 15 is 0 Å². The Bertz CT molecular complexity index is 1570. The molecule has 0 aromatic carbocycles. The zero-order valence-electron chi connectivity index (χ0n) is 22.7. The first kappa shape index (κ1) is 28.0. The standard InChI is InChI=1S/C26H32N8O4/c1-8-9-13-33-20-21(30-23(33)31(6)15-17(2)29-24(36)38-26(3,4)5)32(7)25(37)34(22(20)35)16-19-18(14-27)11-10-12-28-19/h10-12,17H,13,15-16H2,1-7H3,(H,29,36)/t17-/m0/s1. The molecular formula is C26H32N8O4. The molecule has 0 bridgehead atoms. The normalized spacial score (nSPS) is 11.8. The summed E-state index contributed by atoms with van der Waals surface area (Å²) in [6.45, 7) is 9.18. The van der Waals surface area contributed by atoms with E-state index in [0.717, 1.165) is 4.57 Å². The topological polar surface area (TPSA) is 140 Å². The minimum absolute atomic E-state index is 0.154. The molecule has 3 aromatic rings. The van der Waals surface area contributed by atoms with Gasteiger partial charge in [0.05, 0.1) is 24.3 Å². The highest BCUT2D eigenvalue weighted by molar-refractivity contribution is 5.75. The first-order chi connectivity index (χ1) is 17.9. The molecule has 0 saturated carbocycles. The fourth-order valence-electron chi connectivity index (χ4n) is 3.96. The van der Waals surface area contributed by atoms with E-state index in [2.05, 4.69) is 27.1 Å². The van der Waals surface area contributed by atoms with Gasteiger partial charge in [0.1, 0.15) is 11.7 Å². The SMILES string of the molecule is CC#CCn1c(N(C)C[C@H](C)NC(=O)OC(C)(C)C)nc2c1c(=O)n(Cc1ncccc1C#N)c(=O)n2C. The van der Waals surface area contributed by atoms with Gasteiger partial charge in [0.2, 0.25) is 5.95 Å². The van der Waals surface area contributed by atoms with Crippen LogP contribution in [0.5, 0.6) is 0 Å². The number of carbonyl (C=O) groups excluding carboxylic acids is 1. The summed E-state index contributed by atoms with van der Waals surface area (Å²) in [5.74, 6) is 6.19. The van der Waals surface area contributed by atoms with Gasteiger partial charge in [0.15, 0.2) is 11.2 Å². The van der Waals surface area contributed by atoms with Gasteiger partial charge in [-0.15, -0.1) is 5.92 Å². The number of aromatic nitrogens is 5. The second-order valence-electron chi connectivity index (χ2n) is 9.87. The number of likely N-dealkylation sites (N-methyl/N-ethyl adjacent to an activating group) is 1. The lowest BCUT2D eigenvalue weighted by Crippen LogP contribution is -2.43. The van der Waals surface area contributed by atoms with Crippen molar-refractivity contribution in [2.75, 3.05) is 18.5 Å². The summed E-state index contributed by atoms with van der Waals surface area (Å²) in [5.41, 5.74) is -0.799. The fourth-order valence-corrected chi connectivity index (χ4v) is 3.96. The highest BCUT2D eigenvalue weighted by atomic mass is 16.6. The van der Waals surface area contributed by atoms with Crippen molar-refractivity contribution in [3.63, 3.8) is 0 Å². The first-order valence-corrected chi connectivity index (χ1v) is 12.0. The molecule has 38 heavy (non-hydrogen) atoms. The molecule has 3 aromatic heterocycles. The second-order valence-corrected chi connectivity index (χ2v) is 9.87. The largest absolute Gasteiger partial charge is 0.444 e. The molecule has 3 rings (SSSR count). The zero-order valence-corrected chi connectivity index (χ0v) is 22.7. The van der Waals surface area contributed by atoms with E-state index in [9.17, 15) is 19.6 Å². The van der Waals surface area contributed by atoms with E-state index in [-0.39, 0.29) is 35.9 Å². The summed E-state index contributed by atoms with van der Waals surface area (Å²) >= 11 is 0. The van der Waals surface area contributed by atoms with Crippen LogP contribution in [-0.2, 0) is 24.9 Å². The molecule has 0 saturated heterocycles. The fraction of sp³-hybridized carbons (Fsp3) is 0.462. The van der Waals surface area contributed by atoms with E-state index in [1.807, 2.05) is 13.0 Å². The van der Waals surface area contributed by atoms with Crippen molar-refractivity contribution in [1.29, 1.82) is 5.26 Å². The molecular weight excluding hydrogens is 488 g/mol. The Morgan fingerprint density at radius 1 is 1.29 bits per heavy atom. The molecule has 1 N–H and O–H groups in total. The highest BCUT2D eigenvalue weighted by Gasteiger charge is 2.24. The number of amides is 1. The van der Waals surface area contributed by atoms with Gasteiger partial charge < -0.3 is 15.0 Å². The summed E-state index contributed by atoms with van der Waals surface area (Å²) in [6, 6.07) is 4.91. The number of anilines is 1. The van der Waals surface area contributed by atoms with Crippen molar-refractivity contribution in [2.24, 2.45) is 7.05 Å². The number of carbonyl (C=O) groups is 1. The Morgan fingerprint density at radius 2 is 2.00 bits per heavy atom. The van der Waals surface area contributed by atoms with E-state index in [0.29, 0.717) is 18.2 Å². The van der Waals surface area contributed by atoms with Crippen LogP contribution in [0.2, 0.25) is 0 Å². The number of pyridine rings is 1. The van der Waals surface area contributed by atoms with Gasteiger partial charge in [-0.1, -0.05) is 5.92 Å². The molecule has 1 atom stereocenters. The molecule has 3 heterocycles. The minimum Gasteiger partial charge on any atom is -0.444 e. The third kappa shape index (κ3) is 6.03. The predicted molar refractivity (Wildman–Crippen MR) is 143 cm³/mol. The van der Waals surface area contributed by atoms with Crippen molar-refractivity contribution < 1.29 is 9.53 Å². The number of fused-ring (bicyclic) bond motifs is 1. The Balaban J connectivity index is 2.07.